The van der Waals surface area contributed by atoms with Crippen LogP contribution < -0.4 is 0 Å². The number of hydrogen-bond donors (Lipinski definition) is 0. The third-order valence-corrected chi connectivity index (χ3v) is 6.96. The number of rotatable bonds is 10. The number of unbranched alkanes of at least 4 members (excludes halogenated alkanes) is 7. The van der Waals surface area contributed by atoms with Crippen LogP contribution in [0.15, 0.2) is 36.4 Å². The molecule has 0 saturated carbocycles. The first kappa shape index (κ1) is 20.6. The van der Waals surface area contributed by atoms with E-state index in [-0.39, 0.29) is 5.41 Å². The second kappa shape index (κ2) is 9.37. The van der Waals surface area contributed by atoms with E-state index in [9.17, 15) is 0 Å². The number of fused-ring (bicyclic) bond motifs is 3. The molecule has 0 aliphatic carbocycles. The molecule has 0 fully saturated rings. The molecule has 1 nitrogen and oxygen atoms in total. The predicted octanol–water partition coefficient (Wildman–Crippen LogP) is 7.75. The lowest BCUT2D eigenvalue weighted by molar-refractivity contribution is -0.439. The van der Waals surface area contributed by atoms with Crippen LogP contribution in [0, 0.1) is 0 Å². The molecule has 1 aliphatic rings. The highest BCUT2D eigenvalue weighted by Gasteiger charge is 2.43. The molecule has 2 aromatic rings. The van der Waals surface area contributed by atoms with E-state index in [1.807, 2.05) is 0 Å². The van der Waals surface area contributed by atoms with Crippen LogP contribution in [0.2, 0.25) is 0 Å². The van der Waals surface area contributed by atoms with Crippen LogP contribution in [0.5, 0.6) is 0 Å². The van der Waals surface area contributed by atoms with Crippen LogP contribution in [0.1, 0.15) is 77.7 Å². The normalized spacial score (nSPS) is 15.6. The zero-order valence-corrected chi connectivity index (χ0v) is 18.9. The zero-order chi connectivity index (χ0) is 19.3. The van der Waals surface area contributed by atoms with Gasteiger partial charge in [-0.2, -0.15) is 4.58 Å². The summed E-state index contributed by atoms with van der Waals surface area (Å²) in [6, 6.07) is 13.5. The summed E-state index contributed by atoms with van der Waals surface area (Å²) in [5, 5.41) is 3.94. The molecule has 0 radical (unpaired) electrons. The first-order valence-corrected chi connectivity index (χ1v) is 11.9. The second-order valence-electron chi connectivity index (χ2n) is 8.56. The minimum Gasteiger partial charge on any atom is -0.199 e. The summed E-state index contributed by atoms with van der Waals surface area (Å²) in [4.78, 5) is 0. The number of nitrogens with zero attached hydrogens (tertiary/aromatic N) is 1. The van der Waals surface area contributed by atoms with Gasteiger partial charge >= 0.3 is 0 Å². The summed E-state index contributed by atoms with van der Waals surface area (Å²) >= 11 is 3.52. The van der Waals surface area contributed by atoms with Crippen molar-refractivity contribution in [1.29, 1.82) is 0 Å². The summed E-state index contributed by atoms with van der Waals surface area (Å²) in [5.74, 6) is 0. The summed E-state index contributed by atoms with van der Waals surface area (Å²) in [6.07, 6.45) is 10.9. The number of benzene rings is 2. The summed E-state index contributed by atoms with van der Waals surface area (Å²) < 4.78 is 2.60. The highest BCUT2D eigenvalue weighted by Crippen LogP contribution is 2.43. The van der Waals surface area contributed by atoms with E-state index in [4.69, 9.17) is 0 Å². The Balaban J connectivity index is 1.61. The summed E-state index contributed by atoms with van der Waals surface area (Å²) in [6.45, 7) is 8.27. The Bertz CT molecular complexity index is 803. The van der Waals surface area contributed by atoms with E-state index in [1.165, 1.54) is 79.1 Å². The van der Waals surface area contributed by atoms with Gasteiger partial charge in [-0.15, -0.1) is 0 Å². The Labute approximate surface area is 174 Å². The van der Waals surface area contributed by atoms with E-state index in [0.717, 1.165) is 11.9 Å². The fourth-order valence-electron chi connectivity index (χ4n) is 4.55. The molecule has 0 saturated heterocycles. The minimum atomic E-state index is 0.117. The average molecular weight is 429 g/mol. The highest BCUT2D eigenvalue weighted by molar-refractivity contribution is 9.09. The van der Waals surface area contributed by atoms with Crippen molar-refractivity contribution < 1.29 is 4.58 Å². The molecule has 0 aromatic heterocycles. The van der Waals surface area contributed by atoms with Crippen molar-refractivity contribution in [2.24, 2.45) is 0 Å². The van der Waals surface area contributed by atoms with Crippen molar-refractivity contribution in [2.75, 3.05) is 11.9 Å². The Morgan fingerprint density at radius 3 is 2.15 bits per heavy atom. The van der Waals surface area contributed by atoms with Gasteiger partial charge in [0.25, 0.3) is 0 Å². The minimum absolute atomic E-state index is 0.117. The zero-order valence-electron chi connectivity index (χ0n) is 17.4. The molecule has 3 rings (SSSR count). The smallest absolute Gasteiger partial charge is 0.199 e. The fourth-order valence-corrected chi connectivity index (χ4v) is 4.95. The van der Waals surface area contributed by atoms with Crippen LogP contribution in [0.4, 0.5) is 5.69 Å². The third kappa shape index (κ3) is 4.47. The largest absolute Gasteiger partial charge is 0.210 e. The maximum absolute atomic E-state index is 3.52. The van der Waals surface area contributed by atoms with Gasteiger partial charge in [-0.1, -0.05) is 72.3 Å². The molecule has 0 atom stereocenters. The van der Waals surface area contributed by atoms with Crippen molar-refractivity contribution in [3.05, 3.63) is 42.0 Å². The van der Waals surface area contributed by atoms with Gasteiger partial charge in [0.15, 0.2) is 5.71 Å². The Morgan fingerprint density at radius 1 is 0.815 bits per heavy atom. The molecule has 1 heterocycles. The van der Waals surface area contributed by atoms with Crippen LogP contribution >= 0.6 is 15.9 Å². The van der Waals surface area contributed by atoms with Crippen molar-refractivity contribution in [3.63, 3.8) is 0 Å². The third-order valence-electron chi connectivity index (χ3n) is 6.40. The highest BCUT2D eigenvalue weighted by atomic mass is 79.9. The van der Waals surface area contributed by atoms with E-state index in [0.29, 0.717) is 0 Å². The monoisotopic (exact) mass is 428 g/mol. The lowest BCUT2D eigenvalue weighted by atomic mass is 9.80. The fraction of sp³-hybridized carbons (Fsp3) is 0.560. The van der Waals surface area contributed by atoms with E-state index < -0.39 is 0 Å². The van der Waals surface area contributed by atoms with E-state index >= 15 is 0 Å². The topological polar surface area (TPSA) is 3.01 Å². The average Bonchev–Trinajstić information content (AvgIpc) is 2.87. The van der Waals surface area contributed by atoms with Crippen molar-refractivity contribution in [3.8, 4) is 0 Å². The van der Waals surface area contributed by atoms with Gasteiger partial charge in [0, 0.05) is 30.3 Å². The summed E-state index contributed by atoms with van der Waals surface area (Å²) in [5.41, 5.74) is 4.57. The standard InChI is InChI=1S/C25H35BrN/c1-20-25(2,3)24-22-15-11-10-14-21(22)16-17-23(24)27(20)19-13-9-7-5-4-6-8-12-18-26/h10-11,14-17H,4-9,12-13,18-19H2,1-3H3/q+1. The van der Waals surface area contributed by atoms with Gasteiger partial charge in [0.05, 0.1) is 5.41 Å². The molecule has 0 N–H and O–H groups in total. The molecule has 2 heteroatoms. The van der Waals surface area contributed by atoms with Crippen molar-refractivity contribution >= 4 is 38.1 Å². The van der Waals surface area contributed by atoms with Crippen molar-refractivity contribution in [2.45, 2.75) is 77.6 Å². The molecule has 0 unspecified atom stereocenters. The van der Waals surface area contributed by atoms with Gasteiger partial charge in [-0.05, 0) is 43.5 Å². The van der Waals surface area contributed by atoms with Crippen LogP contribution in [0.25, 0.3) is 10.8 Å². The number of hydrogen-bond acceptors (Lipinski definition) is 0. The first-order chi connectivity index (χ1) is 13.1. The molecule has 0 spiro atoms. The van der Waals surface area contributed by atoms with Crippen LogP contribution in [-0.4, -0.2) is 22.2 Å². The Hall–Kier alpha value is -1.15. The SMILES string of the molecule is CC1=[N+](CCCCCCCCCCBr)c2ccc3ccccc3c2C1(C)C. The van der Waals surface area contributed by atoms with Gasteiger partial charge in [0.1, 0.15) is 6.54 Å². The molecule has 2 aromatic carbocycles. The lowest BCUT2D eigenvalue weighted by Crippen LogP contribution is -2.26. The molecule has 1 aliphatic heterocycles. The van der Waals surface area contributed by atoms with Gasteiger partial charge in [-0.25, -0.2) is 0 Å². The maximum atomic E-state index is 3.52. The first-order valence-electron chi connectivity index (χ1n) is 10.8. The maximum Gasteiger partial charge on any atom is 0.210 e. The Morgan fingerprint density at radius 2 is 1.44 bits per heavy atom. The van der Waals surface area contributed by atoms with E-state index in [1.54, 1.807) is 0 Å². The second-order valence-corrected chi connectivity index (χ2v) is 9.35. The van der Waals surface area contributed by atoms with E-state index in [2.05, 4.69) is 77.7 Å². The lowest BCUT2D eigenvalue weighted by Gasteiger charge is -2.17. The van der Waals surface area contributed by atoms with Gasteiger partial charge < -0.3 is 0 Å². The predicted molar refractivity (Wildman–Crippen MR) is 123 cm³/mol. The van der Waals surface area contributed by atoms with Crippen LogP contribution in [0.3, 0.4) is 0 Å². The molecule has 0 bridgehead atoms. The molecule has 0 amide bonds. The number of halogens is 1. The van der Waals surface area contributed by atoms with Gasteiger partial charge in [-0.3, -0.25) is 0 Å². The van der Waals surface area contributed by atoms with Gasteiger partial charge in [0.2, 0.25) is 5.69 Å². The van der Waals surface area contributed by atoms with Crippen molar-refractivity contribution in [1.82, 2.24) is 0 Å². The Kier molecular flexibility index (Phi) is 7.14. The molecular formula is C25H35BrN+. The summed E-state index contributed by atoms with van der Waals surface area (Å²) in [7, 11) is 0. The van der Waals surface area contributed by atoms with Crippen LogP contribution in [-0.2, 0) is 5.41 Å². The number of alkyl halides is 1. The molecular weight excluding hydrogens is 394 g/mol. The molecule has 27 heavy (non-hydrogen) atoms. The molecule has 146 valence electrons. The quantitative estimate of drug-likeness (QED) is 0.206.